The van der Waals surface area contributed by atoms with Crippen LogP contribution in [0.5, 0.6) is 0 Å². The number of carbonyl (C=O) groups excluding carboxylic acids is 1. The fraction of sp³-hybridized carbons (Fsp3) is 0.136. The van der Waals surface area contributed by atoms with E-state index in [0.29, 0.717) is 28.7 Å². The highest BCUT2D eigenvalue weighted by Gasteiger charge is 2.16. The van der Waals surface area contributed by atoms with E-state index in [1.54, 1.807) is 19.1 Å². The first-order valence-corrected chi connectivity index (χ1v) is 8.96. The van der Waals surface area contributed by atoms with Crippen LogP contribution in [0.25, 0.3) is 22.8 Å². The molecule has 0 saturated heterocycles. The number of rotatable bonds is 6. The first-order valence-electron chi connectivity index (χ1n) is 8.96. The molecule has 2 aromatic carbocycles. The zero-order valence-electron chi connectivity index (χ0n) is 15.6. The van der Waals surface area contributed by atoms with Crippen LogP contribution in [0, 0.1) is 12.7 Å². The highest BCUT2D eigenvalue weighted by Crippen LogP contribution is 2.23. The Bertz CT molecular complexity index is 1120. The van der Waals surface area contributed by atoms with Crippen LogP contribution in [0.4, 0.5) is 4.39 Å². The van der Waals surface area contributed by atoms with E-state index >= 15 is 0 Å². The van der Waals surface area contributed by atoms with Gasteiger partial charge in [-0.15, -0.1) is 0 Å². The summed E-state index contributed by atoms with van der Waals surface area (Å²) in [5.74, 6) is 0.942. The Hall–Kier alpha value is -3.74. The lowest BCUT2D eigenvalue weighted by Crippen LogP contribution is -2.09. The Kier molecular flexibility index (Phi) is 5.20. The molecule has 0 saturated carbocycles. The normalized spacial score (nSPS) is 10.8. The molecule has 7 heteroatoms. The number of carbonyl (C=O) groups is 1. The third-order valence-corrected chi connectivity index (χ3v) is 4.26. The van der Waals surface area contributed by atoms with Crippen LogP contribution in [0.15, 0.2) is 69.6 Å². The lowest BCUT2D eigenvalue weighted by molar-refractivity contribution is -0.144. The molecular weight excluding hydrogens is 375 g/mol. The lowest BCUT2D eigenvalue weighted by Gasteiger charge is -2.01. The second-order valence-corrected chi connectivity index (χ2v) is 6.35. The van der Waals surface area contributed by atoms with Gasteiger partial charge in [-0.05, 0) is 43.3 Å². The first-order chi connectivity index (χ1) is 14.1. The fourth-order valence-corrected chi connectivity index (χ4v) is 2.75. The minimum absolute atomic E-state index is 0.0201. The quantitative estimate of drug-likeness (QED) is 0.442. The number of halogens is 1. The zero-order chi connectivity index (χ0) is 20.2. The Morgan fingerprint density at radius 2 is 1.79 bits per heavy atom. The van der Waals surface area contributed by atoms with Crippen molar-refractivity contribution in [3.8, 4) is 22.8 Å². The van der Waals surface area contributed by atoms with Crippen LogP contribution in [0.1, 0.15) is 17.3 Å². The van der Waals surface area contributed by atoms with Gasteiger partial charge in [0.2, 0.25) is 11.8 Å². The molecule has 0 aliphatic carbocycles. The third-order valence-electron chi connectivity index (χ3n) is 4.26. The summed E-state index contributed by atoms with van der Waals surface area (Å²) in [6.07, 6.45) is 1.48. The van der Waals surface area contributed by atoms with Gasteiger partial charge in [0, 0.05) is 11.1 Å². The van der Waals surface area contributed by atoms with Crippen molar-refractivity contribution in [3.05, 3.63) is 84.0 Å². The molecule has 2 aromatic heterocycles. The van der Waals surface area contributed by atoms with Crippen LogP contribution < -0.4 is 0 Å². The van der Waals surface area contributed by atoms with Gasteiger partial charge in [0.1, 0.15) is 11.6 Å². The van der Waals surface area contributed by atoms with Crippen LogP contribution in [0.3, 0.4) is 0 Å². The molecule has 0 fully saturated rings. The Balaban J connectivity index is 1.36. The maximum Gasteiger partial charge on any atom is 0.312 e. The van der Waals surface area contributed by atoms with Crippen molar-refractivity contribution in [2.24, 2.45) is 0 Å². The molecule has 0 radical (unpaired) electrons. The van der Waals surface area contributed by atoms with E-state index in [0.717, 1.165) is 5.56 Å². The van der Waals surface area contributed by atoms with E-state index in [-0.39, 0.29) is 24.7 Å². The van der Waals surface area contributed by atoms with Gasteiger partial charge in [0.25, 0.3) is 0 Å². The molecule has 0 aliphatic heterocycles. The second kappa shape index (κ2) is 8.10. The predicted molar refractivity (Wildman–Crippen MR) is 102 cm³/mol. The molecular formula is C22H17FN2O4. The standard InChI is InChI=1S/C22H17FN2O4/c1-14-18(25-22(28-14)16-5-3-2-4-6-16)11-21(26)27-13-20-24-12-19(29-20)15-7-9-17(23)10-8-15/h2-10,12H,11,13H2,1H3. The van der Waals surface area contributed by atoms with Crippen LogP contribution in [-0.2, 0) is 22.6 Å². The van der Waals surface area contributed by atoms with Crippen molar-refractivity contribution in [1.29, 1.82) is 0 Å². The first kappa shape index (κ1) is 18.6. The average Bonchev–Trinajstić information content (AvgIpc) is 3.35. The smallest absolute Gasteiger partial charge is 0.312 e. The molecule has 4 aromatic rings. The Morgan fingerprint density at radius 1 is 1.03 bits per heavy atom. The Labute approximate surface area is 166 Å². The van der Waals surface area contributed by atoms with Crippen molar-refractivity contribution in [2.45, 2.75) is 20.0 Å². The van der Waals surface area contributed by atoms with Gasteiger partial charge in [0.15, 0.2) is 12.4 Å². The number of oxazole rings is 2. The summed E-state index contributed by atoms with van der Waals surface area (Å²) in [7, 11) is 0. The lowest BCUT2D eigenvalue weighted by atomic mass is 10.2. The molecule has 2 heterocycles. The van der Waals surface area contributed by atoms with Crippen molar-refractivity contribution in [1.82, 2.24) is 9.97 Å². The van der Waals surface area contributed by atoms with Crippen molar-refractivity contribution >= 4 is 5.97 Å². The number of aryl methyl sites for hydroxylation is 1. The van der Waals surface area contributed by atoms with Crippen LogP contribution in [-0.4, -0.2) is 15.9 Å². The molecule has 29 heavy (non-hydrogen) atoms. The summed E-state index contributed by atoms with van der Waals surface area (Å²) in [6.45, 7) is 1.65. The monoisotopic (exact) mass is 392 g/mol. The maximum atomic E-state index is 13.0. The van der Waals surface area contributed by atoms with E-state index in [9.17, 15) is 9.18 Å². The predicted octanol–water partition coefficient (Wildman–Crippen LogP) is 4.73. The highest BCUT2D eigenvalue weighted by molar-refractivity contribution is 5.72. The Morgan fingerprint density at radius 3 is 2.55 bits per heavy atom. The van der Waals surface area contributed by atoms with Gasteiger partial charge in [-0.1, -0.05) is 18.2 Å². The van der Waals surface area contributed by atoms with Gasteiger partial charge in [-0.25, -0.2) is 14.4 Å². The van der Waals surface area contributed by atoms with E-state index in [4.69, 9.17) is 13.6 Å². The van der Waals surface area contributed by atoms with Gasteiger partial charge < -0.3 is 13.6 Å². The molecule has 4 rings (SSSR count). The number of ether oxygens (including phenoxy) is 1. The van der Waals surface area contributed by atoms with Crippen molar-refractivity contribution in [3.63, 3.8) is 0 Å². The van der Waals surface area contributed by atoms with Crippen molar-refractivity contribution in [2.75, 3.05) is 0 Å². The fourth-order valence-electron chi connectivity index (χ4n) is 2.75. The average molecular weight is 392 g/mol. The molecule has 146 valence electrons. The van der Waals surface area contributed by atoms with Crippen molar-refractivity contribution < 1.29 is 22.8 Å². The number of esters is 1. The minimum atomic E-state index is -0.470. The molecule has 0 spiro atoms. The van der Waals surface area contributed by atoms with Gasteiger partial charge in [0.05, 0.1) is 18.3 Å². The number of benzene rings is 2. The van der Waals surface area contributed by atoms with Gasteiger partial charge >= 0.3 is 5.97 Å². The zero-order valence-corrected chi connectivity index (χ0v) is 15.6. The topological polar surface area (TPSA) is 78.4 Å². The number of hydrogen-bond donors (Lipinski definition) is 0. The molecule has 0 atom stereocenters. The molecule has 0 aliphatic rings. The highest BCUT2D eigenvalue weighted by atomic mass is 19.1. The summed E-state index contributed by atoms with van der Waals surface area (Å²) in [4.78, 5) is 20.7. The molecule has 0 unspecified atom stereocenters. The van der Waals surface area contributed by atoms with E-state index in [1.165, 1.54) is 18.3 Å². The summed E-state index contributed by atoms with van der Waals surface area (Å²) in [5.41, 5.74) is 2.04. The summed E-state index contributed by atoms with van der Waals surface area (Å²) >= 11 is 0. The minimum Gasteiger partial charge on any atom is -0.455 e. The van der Waals surface area contributed by atoms with E-state index in [2.05, 4.69) is 9.97 Å². The molecule has 0 amide bonds. The molecule has 0 N–H and O–H groups in total. The molecule has 6 nitrogen and oxygen atoms in total. The second-order valence-electron chi connectivity index (χ2n) is 6.35. The maximum absolute atomic E-state index is 13.0. The largest absolute Gasteiger partial charge is 0.455 e. The summed E-state index contributed by atoms with van der Waals surface area (Å²) in [5, 5.41) is 0. The van der Waals surface area contributed by atoms with Gasteiger partial charge in [-0.2, -0.15) is 0 Å². The molecule has 0 bridgehead atoms. The van der Waals surface area contributed by atoms with E-state index in [1.807, 2.05) is 30.3 Å². The summed E-state index contributed by atoms with van der Waals surface area (Å²) < 4.78 is 29.4. The van der Waals surface area contributed by atoms with Crippen LogP contribution in [0.2, 0.25) is 0 Å². The SMILES string of the molecule is Cc1oc(-c2ccccc2)nc1CC(=O)OCc1ncc(-c2ccc(F)cc2)o1. The van der Waals surface area contributed by atoms with E-state index < -0.39 is 5.97 Å². The summed E-state index contributed by atoms with van der Waals surface area (Å²) in [6, 6.07) is 15.3. The van der Waals surface area contributed by atoms with Gasteiger partial charge in [-0.3, -0.25) is 4.79 Å². The third kappa shape index (κ3) is 4.40. The number of hydrogen-bond acceptors (Lipinski definition) is 6. The van der Waals surface area contributed by atoms with Crippen LogP contribution >= 0.6 is 0 Å². The number of aromatic nitrogens is 2. The number of nitrogens with zero attached hydrogens (tertiary/aromatic N) is 2.